The topological polar surface area (TPSA) is 93.4 Å². The third-order valence-electron chi connectivity index (χ3n) is 4.56. The zero-order valence-electron chi connectivity index (χ0n) is 12.9. The molecule has 1 aromatic rings. The Bertz CT molecular complexity index is 721. The molecule has 1 aromatic carbocycles. The summed E-state index contributed by atoms with van der Waals surface area (Å²) in [5.41, 5.74) is 0.923. The quantitative estimate of drug-likeness (QED) is 0.866. The molecule has 0 amide bonds. The summed E-state index contributed by atoms with van der Waals surface area (Å²) in [6.07, 6.45) is 3.98. The summed E-state index contributed by atoms with van der Waals surface area (Å²) in [5.74, 6) is 0. The Morgan fingerprint density at radius 3 is 2.61 bits per heavy atom. The molecule has 1 aliphatic heterocycles. The number of anilines is 1. The van der Waals surface area contributed by atoms with Gasteiger partial charge in [-0.15, -0.1) is 0 Å². The molecule has 124 valence electrons. The van der Waals surface area contributed by atoms with Crippen LogP contribution in [-0.4, -0.2) is 38.8 Å². The Balaban J connectivity index is 1.95. The van der Waals surface area contributed by atoms with E-state index in [-0.39, 0.29) is 10.9 Å². The molecule has 1 saturated heterocycles. The van der Waals surface area contributed by atoms with E-state index >= 15 is 0 Å². The summed E-state index contributed by atoms with van der Waals surface area (Å²) in [4.78, 5) is 2.03. The summed E-state index contributed by atoms with van der Waals surface area (Å²) >= 11 is 0. The van der Waals surface area contributed by atoms with Gasteiger partial charge in [-0.05, 0) is 37.5 Å². The van der Waals surface area contributed by atoms with Crippen LogP contribution in [0, 0.1) is 11.3 Å². The summed E-state index contributed by atoms with van der Waals surface area (Å²) < 4.78 is 28.3. The van der Waals surface area contributed by atoms with Crippen molar-refractivity contribution in [1.82, 2.24) is 4.72 Å². The molecule has 7 heteroatoms. The lowest BCUT2D eigenvalue weighted by Gasteiger charge is -2.23. The lowest BCUT2D eigenvalue weighted by atomic mass is 10.2. The summed E-state index contributed by atoms with van der Waals surface area (Å²) in [6, 6.07) is 6.66. The second-order valence-electron chi connectivity index (χ2n) is 6.29. The minimum absolute atomic E-state index is 0.00679. The van der Waals surface area contributed by atoms with Crippen LogP contribution in [0.3, 0.4) is 0 Å². The van der Waals surface area contributed by atoms with Crippen LogP contribution in [0.25, 0.3) is 0 Å². The number of nitrogens with one attached hydrogen (secondary N) is 1. The van der Waals surface area contributed by atoms with Gasteiger partial charge in [0, 0.05) is 19.1 Å². The zero-order valence-corrected chi connectivity index (χ0v) is 13.7. The maximum Gasteiger partial charge on any atom is 0.242 e. The largest absolute Gasteiger partial charge is 0.391 e. The molecule has 6 nitrogen and oxygen atoms in total. The van der Waals surface area contributed by atoms with Crippen molar-refractivity contribution in [3.8, 4) is 6.07 Å². The van der Waals surface area contributed by atoms with E-state index in [1.54, 1.807) is 6.07 Å². The second-order valence-corrected chi connectivity index (χ2v) is 7.97. The summed E-state index contributed by atoms with van der Waals surface area (Å²) in [5, 5.41) is 18.8. The maximum absolute atomic E-state index is 12.8. The highest BCUT2D eigenvalue weighted by Gasteiger charge is 2.29. The fourth-order valence-electron chi connectivity index (χ4n) is 3.35. The minimum Gasteiger partial charge on any atom is -0.391 e. The second kappa shape index (κ2) is 6.48. The van der Waals surface area contributed by atoms with Gasteiger partial charge in [0.25, 0.3) is 0 Å². The lowest BCUT2D eigenvalue weighted by Crippen LogP contribution is -2.34. The first-order valence-corrected chi connectivity index (χ1v) is 9.47. The van der Waals surface area contributed by atoms with Gasteiger partial charge in [0.05, 0.1) is 23.4 Å². The van der Waals surface area contributed by atoms with Gasteiger partial charge >= 0.3 is 0 Å². The SMILES string of the molecule is N#Cc1ccc(S(=O)(=O)NC2CCCC2)c(N2CC[C@H](O)C2)c1. The van der Waals surface area contributed by atoms with Crippen LogP contribution in [0.4, 0.5) is 5.69 Å². The molecule has 1 atom stereocenters. The number of aliphatic hydroxyl groups excluding tert-OH is 1. The molecule has 23 heavy (non-hydrogen) atoms. The molecule has 2 fully saturated rings. The Morgan fingerprint density at radius 1 is 1.26 bits per heavy atom. The number of aliphatic hydroxyl groups is 1. The Hall–Kier alpha value is -1.62. The molecule has 1 aliphatic carbocycles. The van der Waals surface area contributed by atoms with E-state index in [1.165, 1.54) is 12.1 Å². The highest BCUT2D eigenvalue weighted by molar-refractivity contribution is 7.89. The first kappa shape index (κ1) is 16.2. The van der Waals surface area contributed by atoms with Crippen molar-refractivity contribution in [2.75, 3.05) is 18.0 Å². The van der Waals surface area contributed by atoms with Crippen molar-refractivity contribution >= 4 is 15.7 Å². The normalized spacial score (nSPS) is 22.4. The average molecular weight is 335 g/mol. The van der Waals surface area contributed by atoms with E-state index in [9.17, 15) is 13.5 Å². The number of nitriles is 1. The molecule has 3 rings (SSSR count). The van der Waals surface area contributed by atoms with Crippen LogP contribution in [0.1, 0.15) is 37.7 Å². The summed E-state index contributed by atoms with van der Waals surface area (Å²) in [7, 11) is -3.64. The first-order chi connectivity index (χ1) is 11.0. The van der Waals surface area contributed by atoms with Crippen molar-refractivity contribution in [3.05, 3.63) is 23.8 Å². The number of rotatable bonds is 4. The summed E-state index contributed by atoms with van der Waals surface area (Å²) in [6.45, 7) is 0.975. The Morgan fingerprint density at radius 2 is 2.00 bits per heavy atom. The lowest BCUT2D eigenvalue weighted by molar-refractivity contribution is 0.198. The predicted molar refractivity (Wildman–Crippen MR) is 86.6 cm³/mol. The van der Waals surface area contributed by atoms with Crippen molar-refractivity contribution in [2.45, 2.75) is 49.1 Å². The standard InChI is InChI=1S/C16H21N3O3S/c17-10-12-5-6-16(15(9-12)19-8-7-14(20)11-19)23(21,22)18-13-3-1-2-4-13/h5-6,9,13-14,18,20H,1-4,7-8,11H2/t14-/m0/s1. The van der Waals surface area contributed by atoms with Gasteiger partial charge < -0.3 is 10.0 Å². The van der Waals surface area contributed by atoms with Crippen molar-refractivity contribution in [3.63, 3.8) is 0 Å². The van der Waals surface area contributed by atoms with Gasteiger partial charge in [0.2, 0.25) is 10.0 Å². The zero-order chi connectivity index (χ0) is 16.4. The van der Waals surface area contributed by atoms with Gasteiger partial charge in [-0.1, -0.05) is 12.8 Å². The molecule has 2 N–H and O–H groups in total. The maximum atomic E-state index is 12.8. The molecular formula is C16H21N3O3S. The van der Waals surface area contributed by atoms with Crippen LogP contribution < -0.4 is 9.62 Å². The van der Waals surface area contributed by atoms with E-state index in [4.69, 9.17) is 5.26 Å². The van der Waals surface area contributed by atoms with E-state index in [2.05, 4.69) is 4.72 Å². The minimum atomic E-state index is -3.64. The van der Waals surface area contributed by atoms with Crippen LogP contribution in [0.2, 0.25) is 0 Å². The average Bonchev–Trinajstić information content (AvgIpc) is 3.17. The molecule has 0 unspecified atom stereocenters. The van der Waals surface area contributed by atoms with Crippen LogP contribution in [-0.2, 0) is 10.0 Å². The van der Waals surface area contributed by atoms with Gasteiger partial charge in [-0.2, -0.15) is 5.26 Å². The van der Waals surface area contributed by atoms with Gasteiger partial charge in [-0.3, -0.25) is 0 Å². The fourth-order valence-corrected chi connectivity index (χ4v) is 4.86. The number of benzene rings is 1. The van der Waals surface area contributed by atoms with Gasteiger partial charge in [0.15, 0.2) is 0 Å². The number of hydrogen-bond donors (Lipinski definition) is 2. The van der Waals surface area contributed by atoms with Gasteiger partial charge in [0.1, 0.15) is 4.90 Å². The molecule has 1 saturated carbocycles. The molecular weight excluding hydrogens is 314 g/mol. The Kier molecular flexibility index (Phi) is 4.57. The van der Waals surface area contributed by atoms with Crippen molar-refractivity contribution in [2.24, 2.45) is 0 Å². The predicted octanol–water partition coefficient (Wildman–Crippen LogP) is 1.35. The monoisotopic (exact) mass is 335 g/mol. The number of hydrogen-bond acceptors (Lipinski definition) is 5. The third kappa shape index (κ3) is 3.50. The van der Waals surface area contributed by atoms with E-state index < -0.39 is 16.1 Å². The molecule has 0 aromatic heterocycles. The fraction of sp³-hybridized carbons (Fsp3) is 0.562. The molecule has 0 bridgehead atoms. The smallest absolute Gasteiger partial charge is 0.242 e. The molecule has 0 radical (unpaired) electrons. The van der Waals surface area contributed by atoms with Crippen LogP contribution in [0.5, 0.6) is 0 Å². The number of sulfonamides is 1. The van der Waals surface area contributed by atoms with Gasteiger partial charge in [-0.25, -0.2) is 13.1 Å². The van der Waals surface area contributed by atoms with Crippen molar-refractivity contribution in [1.29, 1.82) is 5.26 Å². The number of nitrogens with zero attached hydrogens (tertiary/aromatic N) is 2. The van der Waals surface area contributed by atoms with Crippen molar-refractivity contribution < 1.29 is 13.5 Å². The highest BCUT2D eigenvalue weighted by atomic mass is 32.2. The van der Waals surface area contributed by atoms with Crippen LogP contribution >= 0.6 is 0 Å². The van der Waals surface area contributed by atoms with E-state index in [1.807, 2.05) is 11.0 Å². The molecule has 2 aliphatic rings. The Labute approximate surface area is 136 Å². The molecule has 1 heterocycles. The van der Waals surface area contributed by atoms with E-state index in [0.717, 1.165) is 25.7 Å². The highest BCUT2D eigenvalue weighted by Crippen LogP contribution is 2.30. The third-order valence-corrected chi connectivity index (χ3v) is 6.13. The van der Waals surface area contributed by atoms with Crippen LogP contribution in [0.15, 0.2) is 23.1 Å². The van der Waals surface area contributed by atoms with E-state index in [0.29, 0.717) is 30.8 Å². The molecule has 0 spiro atoms. The first-order valence-electron chi connectivity index (χ1n) is 7.99. The number of β-amino-alcohol motifs (C(OH)–C–C–N with tert-alkyl or cyclic N) is 1.